The number of carboxylic acid groups (broad SMARTS) is 1. The van der Waals surface area contributed by atoms with E-state index < -0.39 is 17.9 Å². The Morgan fingerprint density at radius 2 is 2.36 bits per heavy atom. The molecule has 0 radical (unpaired) electrons. The lowest BCUT2D eigenvalue weighted by atomic mass is 10.1. The first-order chi connectivity index (χ1) is 7.07. The SMILES string of the molecule is [2H]CCCCN[C@@H](CCC(=O)O)C(N)=O. The zero-order valence-corrected chi connectivity index (χ0v) is 8.16. The number of unbranched alkanes of at least 4 members (excludes halogenated alkanes) is 1. The first-order valence-corrected chi connectivity index (χ1v) is 4.61. The van der Waals surface area contributed by atoms with E-state index in [0.29, 0.717) is 13.4 Å². The van der Waals surface area contributed by atoms with Crippen LogP contribution in [0.2, 0.25) is 0 Å². The van der Waals surface area contributed by atoms with Crippen LogP contribution in [-0.2, 0) is 9.59 Å². The molecule has 0 aromatic heterocycles. The number of hydrogen-bond acceptors (Lipinski definition) is 3. The van der Waals surface area contributed by atoms with Gasteiger partial charge < -0.3 is 16.2 Å². The second kappa shape index (κ2) is 7.32. The van der Waals surface area contributed by atoms with Crippen LogP contribution in [0.4, 0.5) is 0 Å². The molecule has 4 N–H and O–H groups in total. The number of rotatable bonds is 8. The normalized spacial score (nSPS) is 13.3. The predicted octanol–water partition coefficient (Wildman–Crippen LogP) is 0.0948. The maximum absolute atomic E-state index is 10.9. The summed E-state index contributed by atoms with van der Waals surface area (Å²) >= 11 is 0. The van der Waals surface area contributed by atoms with E-state index in [-0.39, 0.29) is 12.8 Å². The summed E-state index contributed by atoms with van der Waals surface area (Å²) in [5, 5.41) is 11.3. The van der Waals surface area contributed by atoms with Crippen molar-refractivity contribution < 1.29 is 16.1 Å². The molecular formula is C9H18N2O3. The Balaban J connectivity index is 3.73. The lowest BCUT2D eigenvalue weighted by Crippen LogP contribution is -2.41. The van der Waals surface area contributed by atoms with Gasteiger partial charge in [0.05, 0.1) is 6.04 Å². The predicted molar refractivity (Wildman–Crippen MR) is 52.8 cm³/mol. The van der Waals surface area contributed by atoms with E-state index in [1.54, 1.807) is 0 Å². The van der Waals surface area contributed by atoms with E-state index in [2.05, 4.69) is 5.32 Å². The van der Waals surface area contributed by atoms with Crippen molar-refractivity contribution in [2.45, 2.75) is 38.6 Å². The molecule has 0 aliphatic rings. The standard InChI is InChI=1S/C9H18N2O3/c1-2-3-6-11-7(9(10)14)4-5-8(12)13/h7,11H,2-6H2,1H3,(H2,10,14)(H,12,13)/t7-/m0/s1/i1D. The molecule has 0 rings (SSSR count). The quantitative estimate of drug-likeness (QED) is 0.488. The molecule has 14 heavy (non-hydrogen) atoms. The number of carboxylic acids is 1. The first kappa shape index (κ1) is 11.0. The van der Waals surface area contributed by atoms with E-state index in [4.69, 9.17) is 12.2 Å². The van der Waals surface area contributed by atoms with Crippen LogP contribution in [0.15, 0.2) is 0 Å². The molecule has 82 valence electrons. The smallest absolute Gasteiger partial charge is 0.303 e. The van der Waals surface area contributed by atoms with Crippen LogP contribution >= 0.6 is 0 Å². The van der Waals surface area contributed by atoms with E-state index >= 15 is 0 Å². The van der Waals surface area contributed by atoms with Gasteiger partial charge in [0.15, 0.2) is 0 Å². The minimum atomic E-state index is -0.936. The maximum atomic E-state index is 10.9. The van der Waals surface area contributed by atoms with Crippen LogP contribution in [0, 0.1) is 0 Å². The van der Waals surface area contributed by atoms with Gasteiger partial charge in [0.25, 0.3) is 0 Å². The fraction of sp³-hybridized carbons (Fsp3) is 0.778. The third kappa shape index (κ3) is 6.42. The Kier molecular flexibility index (Phi) is 5.74. The van der Waals surface area contributed by atoms with Gasteiger partial charge in [-0.2, -0.15) is 0 Å². The summed E-state index contributed by atoms with van der Waals surface area (Å²) in [4.78, 5) is 21.2. The molecular weight excluding hydrogens is 184 g/mol. The Labute approximate surface area is 85.1 Å². The van der Waals surface area contributed by atoms with Gasteiger partial charge in [-0.05, 0) is 19.4 Å². The zero-order chi connectivity index (χ0) is 11.7. The molecule has 0 aliphatic heterocycles. The minimum absolute atomic E-state index is 0.0704. The monoisotopic (exact) mass is 203 g/mol. The molecule has 1 atom stereocenters. The molecule has 1 amide bonds. The van der Waals surface area contributed by atoms with E-state index in [0.717, 1.165) is 12.8 Å². The van der Waals surface area contributed by atoms with Crippen molar-refractivity contribution in [3.63, 3.8) is 0 Å². The molecule has 0 spiro atoms. The van der Waals surface area contributed by atoms with Crippen molar-refractivity contribution in [1.82, 2.24) is 5.32 Å². The van der Waals surface area contributed by atoms with Crippen molar-refractivity contribution >= 4 is 11.9 Å². The second-order valence-corrected chi connectivity index (χ2v) is 3.05. The molecule has 0 unspecified atom stereocenters. The maximum Gasteiger partial charge on any atom is 0.303 e. The van der Waals surface area contributed by atoms with Crippen LogP contribution in [0.3, 0.4) is 0 Å². The van der Waals surface area contributed by atoms with Crippen molar-refractivity contribution in [1.29, 1.82) is 0 Å². The lowest BCUT2D eigenvalue weighted by molar-refractivity contribution is -0.137. The average molecular weight is 203 g/mol. The fourth-order valence-electron chi connectivity index (χ4n) is 1.01. The Morgan fingerprint density at radius 1 is 1.64 bits per heavy atom. The van der Waals surface area contributed by atoms with Crippen molar-refractivity contribution in [3.8, 4) is 0 Å². The fourth-order valence-corrected chi connectivity index (χ4v) is 1.01. The van der Waals surface area contributed by atoms with E-state index in [1.165, 1.54) is 0 Å². The summed E-state index contributed by atoms with van der Waals surface area (Å²) in [5.41, 5.74) is 5.11. The summed E-state index contributed by atoms with van der Waals surface area (Å²) in [6.45, 7) is 0.949. The van der Waals surface area contributed by atoms with Crippen LogP contribution in [0.25, 0.3) is 0 Å². The lowest BCUT2D eigenvalue weighted by Gasteiger charge is -2.13. The molecule has 5 heteroatoms. The second-order valence-electron chi connectivity index (χ2n) is 3.05. The minimum Gasteiger partial charge on any atom is -0.481 e. The van der Waals surface area contributed by atoms with Gasteiger partial charge in [-0.1, -0.05) is 13.3 Å². The number of carbonyl (C=O) groups is 2. The molecule has 0 aromatic rings. The summed E-state index contributed by atoms with van der Waals surface area (Å²) in [6.07, 6.45) is 1.70. The number of hydrogen-bond donors (Lipinski definition) is 3. The molecule has 0 saturated heterocycles. The largest absolute Gasteiger partial charge is 0.481 e. The summed E-state index contributed by atoms with van der Waals surface area (Å²) < 4.78 is 6.91. The van der Waals surface area contributed by atoms with Crippen molar-refractivity contribution in [2.75, 3.05) is 6.54 Å². The Bertz CT molecular complexity index is 212. The van der Waals surface area contributed by atoms with Crippen molar-refractivity contribution in [2.24, 2.45) is 5.73 Å². The van der Waals surface area contributed by atoms with Gasteiger partial charge >= 0.3 is 5.97 Å². The number of aliphatic carboxylic acids is 1. The highest BCUT2D eigenvalue weighted by atomic mass is 16.4. The summed E-state index contributed by atoms with van der Waals surface area (Å²) in [7, 11) is 0. The number of nitrogens with one attached hydrogen (secondary N) is 1. The number of nitrogens with two attached hydrogens (primary N) is 1. The van der Waals surface area contributed by atoms with Crippen LogP contribution in [-0.4, -0.2) is 29.6 Å². The summed E-state index contributed by atoms with van der Waals surface area (Å²) in [6, 6.07) is -0.577. The number of amides is 1. The molecule has 5 nitrogen and oxygen atoms in total. The molecule has 0 bridgehead atoms. The Morgan fingerprint density at radius 3 is 2.86 bits per heavy atom. The van der Waals surface area contributed by atoms with E-state index in [1.807, 2.05) is 0 Å². The highest BCUT2D eigenvalue weighted by Crippen LogP contribution is 1.97. The highest BCUT2D eigenvalue weighted by molar-refractivity contribution is 5.80. The molecule has 0 saturated carbocycles. The molecule has 0 aromatic carbocycles. The number of carbonyl (C=O) groups excluding carboxylic acids is 1. The van der Waals surface area contributed by atoms with Crippen LogP contribution < -0.4 is 11.1 Å². The van der Waals surface area contributed by atoms with Gasteiger partial charge in [-0.3, -0.25) is 9.59 Å². The van der Waals surface area contributed by atoms with Gasteiger partial charge in [-0.15, -0.1) is 0 Å². The Hall–Kier alpha value is -1.10. The van der Waals surface area contributed by atoms with Crippen LogP contribution in [0.1, 0.15) is 34.0 Å². The van der Waals surface area contributed by atoms with Crippen LogP contribution in [0.5, 0.6) is 0 Å². The third-order valence-electron chi connectivity index (χ3n) is 1.81. The van der Waals surface area contributed by atoms with Gasteiger partial charge in [0.1, 0.15) is 0 Å². The topological polar surface area (TPSA) is 92.4 Å². The van der Waals surface area contributed by atoms with Gasteiger partial charge in [0, 0.05) is 7.79 Å². The number of primary amides is 1. The molecule has 0 fully saturated rings. The molecule has 0 heterocycles. The average Bonchev–Trinajstić information content (AvgIpc) is 2.15. The molecule has 0 aliphatic carbocycles. The zero-order valence-electron chi connectivity index (χ0n) is 9.16. The third-order valence-corrected chi connectivity index (χ3v) is 1.81. The van der Waals surface area contributed by atoms with Crippen molar-refractivity contribution in [3.05, 3.63) is 0 Å². The first-order valence-electron chi connectivity index (χ1n) is 5.32. The summed E-state index contributed by atoms with van der Waals surface area (Å²) in [5.74, 6) is -1.46. The van der Waals surface area contributed by atoms with Gasteiger partial charge in [0.2, 0.25) is 5.91 Å². The van der Waals surface area contributed by atoms with Gasteiger partial charge in [-0.25, -0.2) is 0 Å². The van der Waals surface area contributed by atoms with E-state index in [9.17, 15) is 9.59 Å². The highest BCUT2D eigenvalue weighted by Gasteiger charge is 2.15.